The first-order valence-electron chi connectivity index (χ1n) is 4.29. The van der Waals surface area contributed by atoms with Gasteiger partial charge < -0.3 is 0 Å². The van der Waals surface area contributed by atoms with Crippen LogP contribution < -0.4 is 0 Å². The number of allylic oxidation sites excluding steroid dienone is 2. The minimum absolute atomic E-state index is 0.615. The molecule has 0 N–H and O–H groups in total. The summed E-state index contributed by atoms with van der Waals surface area (Å²) in [7, 11) is 0. The largest absolute Gasteiger partial charge is 0.227 e. The fourth-order valence-electron chi connectivity index (χ4n) is 1.12. The molecule has 1 unspecified atom stereocenters. The number of rotatable bonds is 5. The van der Waals surface area contributed by atoms with Crippen LogP contribution in [-0.4, -0.2) is 5.08 Å². The zero-order valence-corrected chi connectivity index (χ0v) is 9.13. The molecule has 3 heteroatoms. The van der Waals surface area contributed by atoms with Crippen molar-refractivity contribution in [2.45, 2.75) is 44.6 Å². The van der Waals surface area contributed by atoms with Gasteiger partial charge in [-0.2, -0.15) is 0 Å². The van der Waals surface area contributed by atoms with Crippen molar-refractivity contribution in [3.63, 3.8) is 0 Å². The van der Waals surface area contributed by atoms with E-state index in [2.05, 4.69) is 15.9 Å². The third kappa shape index (κ3) is 4.19. The van der Waals surface area contributed by atoms with Crippen molar-refractivity contribution < 1.29 is 8.78 Å². The van der Waals surface area contributed by atoms with Crippen LogP contribution in [0.5, 0.6) is 0 Å². The summed E-state index contributed by atoms with van der Waals surface area (Å²) >= 11 is 2.58. The van der Waals surface area contributed by atoms with Gasteiger partial charge in [0.25, 0.3) is 0 Å². The lowest BCUT2D eigenvalue weighted by atomic mass is 10.1. The van der Waals surface area contributed by atoms with Crippen molar-refractivity contribution in [3.05, 3.63) is 11.4 Å². The Morgan fingerprint density at radius 2 is 1.67 bits per heavy atom. The Morgan fingerprint density at radius 1 is 1.25 bits per heavy atom. The first kappa shape index (κ1) is 12.1. The molecule has 0 radical (unpaired) electrons. The quantitative estimate of drug-likeness (QED) is 0.621. The molecule has 0 amide bonds. The number of alkyl halides is 2. The van der Waals surface area contributed by atoms with Crippen molar-refractivity contribution in [3.8, 4) is 0 Å². The van der Waals surface area contributed by atoms with Crippen LogP contribution in [0.25, 0.3) is 0 Å². The second-order valence-corrected chi connectivity index (χ2v) is 3.56. The number of hydrogen-bond donors (Lipinski definition) is 0. The molecule has 0 saturated carbocycles. The molecule has 0 saturated heterocycles. The van der Waals surface area contributed by atoms with Crippen LogP contribution in [0, 0.1) is 0 Å². The van der Waals surface area contributed by atoms with Crippen LogP contribution in [0.2, 0.25) is 0 Å². The van der Waals surface area contributed by atoms with E-state index in [9.17, 15) is 8.78 Å². The predicted molar refractivity (Wildman–Crippen MR) is 51.8 cm³/mol. The van der Waals surface area contributed by atoms with Crippen LogP contribution in [0.1, 0.15) is 39.5 Å². The van der Waals surface area contributed by atoms with E-state index < -0.39 is 10.9 Å². The van der Waals surface area contributed by atoms with Gasteiger partial charge in [-0.25, -0.2) is 8.78 Å². The Balaban J connectivity index is 4.32. The molecule has 1 atom stereocenters. The van der Waals surface area contributed by atoms with Gasteiger partial charge in [0.15, 0.2) is 0 Å². The number of halogens is 3. The molecule has 0 aromatic carbocycles. The zero-order chi connectivity index (χ0) is 9.56. The average molecular weight is 241 g/mol. The molecule has 0 rings (SSSR count). The van der Waals surface area contributed by atoms with Gasteiger partial charge in [-0.05, 0) is 34.3 Å². The molecular weight excluding hydrogens is 226 g/mol. The molecule has 0 aliphatic carbocycles. The summed E-state index contributed by atoms with van der Waals surface area (Å²) < 4.78 is 25.5. The van der Waals surface area contributed by atoms with Gasteiger partial charge in [0.1, 0.15) is 5.83 Å². The summed E-state index contributed by atoms with van der Waals surface area (Å²) in [5.41, 5.74) is 0.615. The summed E-state index contributed by atoms with van der Waals surface area (Å²) in [6, 6.07) is 0. The predicted octanol–water partition coefficient (Wildman–Crippen LogP) is 4.50. The highest BCUT2D eigenvalue weighted by molar-refractivity contribution is 9.09. The highest BCUT2D eigenvalue weighted by Gasteiger charge is 2.13. The minimum atomic E-state index is -1.62. The van der Waals surface area contributed by atoms with Gasteiger partial charge in [0.05, 0.1) is 0 Å². The van der Waals surface area contributed by atoms with Crippen LogP contribution >= 0.6 is 15.9 Å². The second kappa shape index (κ2) is 6.58. The summed E-state index contributed by atoms with van der Waals surface area (Å²) in [6.07, 6.45) is 3.04. The molecule has 0 fully saturated rings. The van der Waals surface area contributed by atoms with Crippen molar-refractivity contribution in [1.29, 1.82) is 0 Å². The van der Waals surface area contributed by atoms with Gasteiger partial charge in [0.2, 0.25) is 5.08 Å². The van der Waals surface area contributed by atoms with Crippen LogP contribution in [-0.2, 0) is 0 Å². The van der Waals surface area contributed by atoms with Crippen LogP contribution in [0.4, 0.5) is 8.78 Å². The lowest BCUT2D eigenvalue weighted by Gasteiger charge is -2.07. The Kier molecular flexibility index (Phi) is 6.62. The molecule has 0 aromatic rings. The van der Waals surface area contributed by atoms with Crippen molar-refractivity contribution in [2.75, 3.05) is 0 Å². The molecule has 12 heavy (non-hydrogen) atoms. The zero-order valence-electron chi connectivity index (χ0n) is 7.54. The highest BCUT2D eigenvalue weighted by atomic mass is 79.9. The Labute approximate surface area is 81.2 Å². The van der Waals surface area contributed by atoms with Crippen molar-refractivity contribution in [2.24, 2.45) is 0 Å². The van der Waals surface area contributed by atoms with Gasteiger partial charge in [-0.15, -0.1) is 0 Å². The summed E-state index contributed by atoms with van der Waals surface area (Å²) in [6.45, 7) is 3.93. The molecule has 0 aliphatic rings. The lowest BCUT2D eigenvalue weighted by Crippen LogP contribution is -1.95. The van der Waals surface area contributed by atoms with E-state index in [1.165, 1.54) is 0 Å². The van der Waals surface area contributed by atoms with Gasteiger partial charge in [0, 0.05) is 0 Å². The molecule has 0 heterocycles. The molecule has 0 bridgehead atoms. The first-order valence-corrected chi connectivity index (χ1v) is 5.20. The maximum absolute atomic E-state index is 13.0. The number of hydrogen-bond acceptors (Lipinski definition) is 0. The molecule has 0 nitrogen and oxygen atoms in total. The van der Waals surface area contributed by atoms with E-state index in [4.69, 9.17) is 0 Å². The van der Waals surface area contributed by atoms with Crippen molar-refractivity contribution in [1.82, 2.24) is 0 Å². The molecule has 72 valence electrons. The topological polar surface area (TPSA) is 0 Å². The summed E-state index contributed by atoms with van der Waals surface area (Å²) in [5.74, 6) is -0.626. The molecule has 0 aromatic heterocycles. The summed E-state index contributed by atoms with van der Waals surface area (Å²) in [5, 5.41) is -1.62. The van der Waals surface area contributed by atoms with E-state index in [0.717, 1.165) is 12.8 Å². The van der Waals surface area contributed by atoms with Gasteiger partial charge in [-0.1, -0.05) is 26.7 Å². The maximum Gasteiger partial charge on any atom is 0.205 e. The van der Waals surface area contributed by atoms with Crippen molar-refractivity contribution >= 4 is 15.9 Å². The normalized spacial score (nSPS) is 12.8. The fraction of sp³-hybridized carbons (Fsp3) is 0.778. The highest BCUT2D eigenvalue weighted by Crippen LogP contribution is 2.25. The summed E-state index contributed by atoms with van der Waals surface area (Å²) in [4.78, 5) is 0. The Bertz CT molecular complexity index is 145. The average Bonchev–Trinajstić information content (AvgIpc) is 2.03. The maximum atomic E-state index is 13.0. The Hall–Kier alpha value is 0.0800. The first-order chi connectivity index (χ1) is 5.63. The Morgan fingerprint density at radius 3 is 1.92 bits per heavy atom. The van der Waals surface area contributed by atoms with E-state index >= 15 is 0 Å². The smallest absolute Gasteiger partial charge is 0.205 e. The lowest BCUT2D eigenvalue weighted by molar-refractivity contribution is 0.420. The molecular formula is C9H15BrF2. The van der Waals surface area contributed by atoms with E-state index in [1.807, 2.05) is 13.8 Å². The molecule has 0 spiro atoms. The van der Waals surface area contributed by atoms with E-state index in [1.54, 1.807) is 0 Å². The van der Waals surface area contributed by atoms with Crippen LogP contribution in [0.15, 0.2) is 11.4 Å². The standard InChI is InChI=1S/C9H15BrF2/c1-3-5-7(6-4-2)8(11)9(10)12/h9H,3-6H2,1-2H3. The minimum Gasteiger partial charge on any atom is -0.227 e. The monoisotopic (exact) mass is 240 g/mol. The SMILES string of the molecule is CCCC(CCC)=C(F)C(F)Br. The van der Waals surface area contributed by atoms with E-state index in [-0.39, 0.29) is 0 Å². The van der Waals surface area contributed by atoms with E-state index in [0.29, 0.717) is 18.4 Å². The fourth-order valence-corrected chi connectivity index (χ4v) is 1.45. The second-order valence-electron chi connectivity index (χ2n) is 2.75. The third-order valence-electron chi connectivity index (χ3n) is 1.63. The van der Waals surface area contributed by atoms with Gasteiger partial charge >= 0.3 is 0 Å². The molecule has 0 aliphatic heterocycles. The third-order valence-corrected chi connectivity index (χ3v) is 2.03. The van der Waals surface area contributed by atoms with Gasteiger partial charge in [-0.3, -0.25) is 0 Å². The van der Waals surface area contributed by atoms with Crippen LogP contribution in [0.3, 0.4) is 0 Å².